The summed E-state index contributed by atoms with van der Waals surface area (Å²) in [4.78, 5) is 27.1. The number of rotatable bonds is 6. The molecule has 0 saturated carbocycles. The first kappa shape index (κ1) is 25.6. The summed E-state index contributed by atoms with van der Waals surface area (Å²) in [6, 6.07) is 14.4. The molecule has 1 unspecified atom stereocenters. The summed E-state index contributed by atoms with van der Waals surface area (Å²) in [7, 11) is 0. The third-order valence-corrected chi connectivity index (χ3v) is 8.21. The van der Waals surface area contributed by atoms with Gasteiger partial charge in [-0.2, -0.15) is 5.26 Å². The van der Waals surface area contributed by atoms with Gasteiger partial charge in [0.2, 0.25) is 11.0 Å². The first-order valence-electron chi connectivity index (χ1n) is 11.6. The average Bonchev–Trinajstić information content (AvgIpc) is 3.37. The van der Waals surface area contributed by atoms with Crippen LogP contribution < -0.4 is 16.0 Å². The summed E-state index contributed by atoms with van der Waals surface area (Å²) in [5, 5.41) is 21.2. The number of allylic oxidation sites excluding steroid dienone is 3. The highest BCUT2D eigenvalue weighted by Crippen LogP contribution is 2.47. The average molecular weight is 551 g/mol. The zero-order valence-corrected chi connectivity index (χ0v) is 21.4. The molecule has 1 aliphatic carbocycles. The van der Waals surface area contributed by atoms with Crippen molar-refractivity contribution in [3.05, 3.63) is 88.4 Å². The highest BCUT2D eigenvalue weighted by molar-refractivity contribution is 8.01. The molecular weight excluding hydrogens is 530 g/mol. The zero-order valence-electron chi connectivity index (χ0n) is 19.8. The predicted molar refractivity (Wildman–Crippen MR) is 140 cm³/mol. The Morgan fingerprint density at radius 2 is 2.00 bits per heavy atom. The monoisotopic (exact) mass is 550 g/mol. The van der Waals surface area contributed by atoms with E-state index < -0.39 is 23.5 Å². The lowest BCUT2D eigenvalue weighted by atomic mass is 9.76. The SMILES string of the molecule is N#CC1=C(N)N(c2nnc(SCC(=O)Nc3ccc(F)cc3F)s2)C2=C(C(=O)CCC2)C1c1ccccc1. The lowest BCUT2D eigenvalue weighted by Gasteiger charge is -2.38. The van der Waals surface area contributed by atoms with Gasteiger partial charge in [0.1, 0.15) is 17.5 Å². The van der Waals surface area contributed by atoms with Crippen LogP contribution in [0, 0.1) is 23.0 Å². The Bertz CT molecular complexity index is 1530. The number of nitrogens with two attached hydrogens (primary N) is 1. The minimum atomic E-state index is -0.873. The molecule has 0 spiro atoms. The van der Waals surface area contributed by atoms with Crippen LogP contribution in [0.25, 0.3) is 0 Å². The van der Waals surface area contributed by atoms with Gasteiger partial charge in [0, 0.05) is 23.8 Å². The Labute approximate surface area is 224 Å². The van der Waals surface area contributed by atoms with Crippen LogP contribution in [0.3, 0.4) is 0 Å². The number of anilines is 2. The molecule has 1 aromatic heterocycles. The highest BCUT2D eigenvalue weighted by Gasteiger charge is 2.41. The minimum Gasteiger partial charge on any atom is -0.384 e. The third-order valence-electron chi connectivity index (χ3n) is 6.17. The minimum absolute atomic E-state index is 0.0332. The molecule has 8 nitrogen and oxygen atoms in total. The fraction of sp³-hybridized carbons (Fsp3) is 0.192. The summed E-state index contributed by atoms with van der Waals surface area (Å²) in [6.45, 7) is 0. The van der Waals surface area contributed by atoms with Crippen LogP contribution in [-0.4, -0.2) is 27.6 Å². The van der Waals surface area contributed by atoms with E-state index in [4.69, 9.17) is 5.73 Å². The van der Waals surface area contributed by atoms with E-state index in [1.807, 2.05) is 30.3 Å². The Morgan fingerprint density at radius 3 is 2.74 bits per heavy atom. The number of amides is 1. The van der Waals surface area contributed by atoms with Crippen molar-refractivity contribution in [2.75, 3.05) is 16.0 Å². The lowest BCUT2D eigenvalue weighted by molar-refractivity contribution is -0.116. The summed E-state index contributed by atoms with van der Waals surface area (Å²) in [5.41, 5.74) is 8.72. The number of hydrogen-bond acceptors (Lipinski definition) is 9. The molecule has 5 rings (SSSR count). The van der Waals surface area contributed by atoms with Crippen molar-refractivity contribution >= 4 is 45.6 Å². The largest absolute Gasteiger partial charge is 0.384 e. The molecule has 3 aromatic rings. The van der Waals surface area contributed by atoms with E-state index in [0.717, 1.165) is 40.8 Å². The van der Waals surface area contributed by atoms with Crippen molar-refractivity contribution in [2.24, 2.45) is 5.73 Å². The Kier molecular flexibility index (Phi) is 7.22. The van der Waals surface area contributed by atoms with Gasteiger partial charge in [-0.3, -0.25) is 14.5 Å². The second-order valence-corrected chi connectivity index (χ2v) is 10.7. The van der Waals surface area contributed by atoms with Crippen molar-refractivity contribution in [3.8, 4) is 6.07 Å². The van der Waals surface area contributed by atoms with Crippen LogP contribution in [0.1, 0.15) is 30.7 Å². The van der Waals surface area contributed by atoms with Gasteiger partial charge in [0.05, 0.1) is 29.0 Å². The molecule has 2 aromatic carbocycles. The highest BCUT2D eigenvalue weighted by atomic mass is 32.2. The van der Waals surface area contributed by atoms with Crippen molar-refractivity contribution in [1.29, 1.82) is 5.26 Å². The molecule has 0 fully saturated rings. The molecule has 12 heteroatoms. The number of nitrogens with zero attached hydrogens (tertiary/aromatic N) is 4. The van der Waals surface area contributed by atoms with Crippen molar-refractivity contribution in [1.82, 2.24) is 10.2 Å². The van der Waals surface area contributed by atoms with Gasteiger partial charge >= 0.3 is 0 Å². The number of Topliss-reactive ketones (excluding diaryl/α,β-unsaturated/α-hetero) is 1. The molecule has 1 atom stereocenters. The van der Waals surface area contributed by atoms with Gasteiger partial charge in [0.15, 0.2) is 10.1 Å². The van der Waals surface area contributed by atoms with E-state index in [9.17, 15) is 23.6 Å². The third kappa shape index (κ3) is 4.90. The molecular formula is C26H20F2N6O2S2. The van der Waals surface area contributed by atoms with Crippen LogP contribution in [0.5, 0.6) is 0 Å². The molecule has 2 heterocycles. The van der Waals surface area contributed by atoms with Gasteiger partial charge < -0.3 is 11.1 Å². The number of halogens is 2. The lowest BCUT2D eigenvalue weighted by Crippen LogP contribution is -2.38. The summed E-state index contributed by atoms with van der Waals surface area (Å²) in [6.07, 6.45) is 1.61. The predicted octanol–water partition coefficient (Wildman–Crippen LogP) is 4.85. The number of carbonyl (C=O) groups excluding carboxylic acids is 2. The standard InChI is InChI=1S/C26H20F2N6O2S2/c27-15-9-10-18(17(28)11-15)31-21(36)13-37-26-33-32-25(38-26)34-19-7-4-8-20(35)23(19)22(16(12-29)24(34)30)14-5-2-1-3-6-14/h1-3,5-6,9-11,22H,4,7-8,13,30H2,(H,31,36). The van der Waals surface area contributed by atoms with Crippen LogP contribution >= 0.6 is 23.1 Å². The van der Waals surface area contributed by atoms with Crippen molar-refractivity contribution in [3.63, 3.8) is 0 Å². The fourth-order valence-electron chi connectivity index (χ4n) is 4.54. The molecule has 2 aliphatic rings. The molecule has 1 amide bonds. The molecule has 0 bridgehead atoms. The van der Waals surface area contributed by atoms with Crippen LogP contribution in [-0.2, 0) is 9.59 Å². The molecule has 0 radical (unpaired) electrons. The van der Waals surface area contributed by atoms with E-state index in [1.165, 1.54) is 0 Å². The number of nitrogens with one attached hydrogen (secondary N) is 1. The second-order valence-electron chi connectivity index (χ2n) is 8.54. The van der Waals surface area contributed by atoms with Gasteiger partial charge in [0.25, 0.3) is 0 Å². The van der Waals surface area contributed by atoms with Gasteiger partial charge in [-0.1, -0.05) is 53.4 Å². The van der Waals surface area contributed by atoms with E-state index >= 15 is 0 Å². The molecule has 192 valence electrons. The van der Waals surface area contributed by atoms with E-state index in [1.54, 1.807) is 4.90 Å². The number of ketones is 1. The van der Waals surface area contributed by atoms with Crippen molar-refractivity contribution in [2.45, 2.75) is 29.5 Å². The first-order chi connectivity index (χ1) is 18.4. The summed E-state index contributed by atoms with van der Waals surface area (Å²) in [5.74, 6) is -2.62. The van der Waals surface area contributed by atoms with Crippen LogP contribution in [0.15, 0.2) is 75.5 Å². The number of carbonyl (C=O) groups is 2. The summed E-state index contributed by atoms with van der Waals surface area (Å²) < 4.78 is 27.4. The summed E-state index contributed by atoms with van der Waals surface area (Å²) >= 11 is 2.24. The Balaban J connectivity index is 1.40. The number of benzene rings is 2. The smallest absolute Gasteiger partial charge is 0.234 e. The number of thioether (sulfide) groups is 1. The number of hydrogen-bond donors (Lipinski definition) is 2. The molecule has 3 N–H and O–H groups in total. The maximum absolute atomic E-state index is 13.8. The first-order valence-corrected chi connectivity index (χ1v) is 13.4. The Hall–Kier alpha value is -4.08. The normalized spacial score (nSPS) is 17.3. The van der Waals surface area contributed by atoms with E-state index in [-0.39, 0.29) is 28.6 Å². The number of nitriles is 1. The van der Waals surface area contributed by atoms with Gasteiger partial charge in [-0.25, -0.2) is 8.78 Å². The topological polar surface area (TPSA) is 125 Å². The molecule has 1 aliphatic heterocycles. The number of aromatic nitrogens is 2. The maximum Gasteiger partial charge on any atom is 0.234 e. The van der Waals surface area contributed by atoms with Crippen molar-refractivity contribution < 1.29 is 18.4 Å². The Morgan fingerprint density at radius 1 is 1.21 bits per heavy atom. The second kappa shape index (κ2) is 10.7. The van der Waals surface area contributed by atoms with Gasteiger partial charge in [-0.15, -0.1) is 10.2 Å². The quantitative estimate of drug-likeness (QED) is 0.417. The van der Waals surface area contributed by atoms with Crippen LogP contribution in [0.2, 0.25) is 0 Å². The van der Waals surface area contributed by atoms with Gasteiger partial charge in [-0.05, 0) is 30.5 Å². The molecule has 0 saturated heterocycles. The van der Waals surface area contributed by atoms with Crippen LogP contribution in [0.4, 0.5) is 19.6 Å². The van der Waals surface area contributed by atoms with E-state index in [0.29, 0.717) is 46.1 Å². The fourth-order valence-corrected chi connectivity index (χ4v) is 6.22. The van der Waals surface area contributed by atoms with E-state index in [2.05, 4.69) is 21.6 Å². The zero-order chi connectivity index (χ0) is 26.8. The maximum atomic E-state index is 13.8. The molecule has 38 heavy (non-hydrogen) atoms.